The molecule has 2 N–H and O–H groups in total. The van der Waals surface area contributed by atoms with E-state index in [9.17, 15) is 22.7 Å². The number of carbonyl (C=O) groups is 1. The minimum atomic E-state index is -3.07. The van der Waals surface area contributed by atoms with Crippen LogP contribution in [-0.2, 0) is 24.0 Å². The third-order valence-electron chi connectivity index (χ3n) is 6.56. The molecule has 0 radical (unpaired) electrons. The second-order valence-corrected chi connectivity index (χ2v) is 11.2. The quantitative estimate of drug-likeness (QED) is 0.212. The van der Waals surface area contributed by atoms with Crippen LogP contribution in [0.2, 0.25) is 5.02 Å². The molecular formula is C27H23BrClFN2O5S. The molecule has 198 valence electrons. The second-order valence-electron chi connectivity index (χ2n) is 9.08. The number of hydrogen-bond donors (Lipinski definition) is 3. The van der Waals surface area contributed by atoms with Crippen LogP contribution in [0.4, 0.5) is 10.1 Å². The summed E-state index contributed by atoms with van der Waals surface area (Å²) in [6, 6.07) is 12.4. The summed E-state index contributed by atoms with van der Waals surface area (Å²) in [5.74, 6) is -0.388. The molecule has 1 amide bonds. The molecule has 1 fully saturated rings. The molecule has 1 aliphatic rings. The molecule has 0 saturated heterocycles. The highest BCUT2D eigenvalue weighted by atomic mass is 79.9. The third kappa shape index (κ3) is 5.05. The molecule has 11 heteroatoms. The molecule has 1 aromatic heterocycles. The van der Waals surface area contributed by atoms with Gasteiger partial charge in [0.15, 0.2) is 0 Å². The van der Waals surface area contributed by atoms with Gasteiger partial charge < -0.3 is 14.8 Å². The number of aliphatic hydroxyl groups excluding tert-OH is 1. The Kier molecular flexibility index (Phi) is 7.50. The number of rotatable bonds is 8. The molecule has 0 unspecified atom stereocenters. The van der Waals surface area contributed by atoms with Gasteiger partial charge in [0, 0.05) is 28.5 Å². The van der Waals surface area contributed by atoms with Crippen molar-refractivity contribution in [1.82, 2.24) is 5.32 Å². The number of aliphatic hydroxyl groups is 1. The van der Waals surface area contributed by atoms with E-state index in [1.54, 1.807) is 18.2 Å². The Morgan fingerprint density at radius 2 is 1.92 bits per heavy atom. The molecule has 1 saturated carbocycles. The van der Waals surface area contributed by atoms with Crippen LogP contribution in [0.1, 0.15) is 45.8 Å². The number of anilines is 1. The summed E-state index contributed by atoms with van der Waals surface area (Å²) in [5.41, 5.74) is 3.52. The number of fused-ring (bicyclic) bond motifs is 1. The number of amides is 1. The molecule has 0 spiro atoms. The van der Waals surface area contributed by atoms with E-state index in [1.165, 1.54) is 35.6 Å². The second kappa shape index (κ2) is 10.7. The zero-order valence-corrected chi connectivity index (χ0v) is 23.4. The van der Waals surface area contributed by atoms with E-state index in [2.05, 4.69) is 21.2 Å². The Hall–Kier alpha value is -2.92. The standard InChI is InChI=1S/C27H23BrClFN2O5S/c1-31-27(34)24-20-10-19(15-2-3-15)22(11-23(20)37-26(24)16-4-6-18(30)7-5-16)32(38(35)36)12-14-8-17(13-33)25(28)21(29)9-14/h4-11,15,33,38H,2-3,12-13H2,1H3,(H,31,34). The molecule has 7 nitrogen and oxygen atoms in total. The molecule has 0 aliphatic heterocycles. The monoisotopic (exact) mass is 620 g/mol. The lowest BCUT2D eigenvalue weighted by Crippen LogP contribution is -2.22. The highest BCUT2D eigenvalue weighted by molar-refractivity contribution is 9.10. The lowest BCUT2D eigenvalue weighted by atomic mass is 10.00. The fourth-order valence-electron chi connectivity index (χ4n) is 4.57. The van der Waals surface area contributed by atoms with Crippen molar-refractivity contribution in [3.05, 3.63) is 86.1 Å². The van der Waals surface area contributed by atoms with Crippen LogP contribution in [0, 0.1) is 5.82 Å². The van der Waals surface area contributed by atoms with Crippen LogP contribution in [0.5, 0.6) is 0 Å². The van der Waals surface area contributed by atoms with Crippen molar-refractivity contribution in [2.24, 2.45) is 0 Å². The fraction of sp³-hybridized carbons (Fsp3) is 0.222. The lowest BCUT2D eigenvalue weighted by molar-refractivity contribution is 0.0964. The molecule has 0 atom stereocenters. The van der Waals surface area contributed by atoms with Crippen LogP contribution >= 0.6 is 27.5 Å². The number of furan rings is 1. The zero-order chi connectivity index (χ0) is 27.1. The Morgan fingerprint density at radius 1 is 1.21 bits per heavy atom. The Morgan fingerprint density at radius 3 is 2.53 bits per heavy atom. The first kappa shape index (κ1) is 26.7. The predicted octanol–water partition coefficient (Wildman–Crippen LogP) is 5.92. The summed E-state index contributed by atoms with van der Waals surface area (Å²) in [7, 11) is -1.56. The Labute approximate surface area is 233 Å². The van der Waals surface area contributed by atoms with E-state index >= 15 is 0 Å². The first-order chi connectivity index (χ1) is 18.2. The molecule has 0 bridgehead atoms. The first-order valence-electron chi connectivity index (χ1n) is 11.8. The summed E-state index contributed by atoms with van der Waals surface area (Å²) >= 11 is 9.64. The maximum Gasteiger partial charge on any atom is 0.255 e. The van der Waals surface area contributed by atoms with Gasteiger partial charge in [0.1, 0.15) is 17.2 Å². The van der Waals surface area contributed by atoms with Crippen molar-refractivity contribution < 1.29 is 27.1 Å². The smallest absolute Gasteiger partial charge is 0.255 e. The molecular weight excluding hydrogens is 599 g/mol. The number of benzene rings is 3. The lowest BCUT2D eigenvalue weighted by Gasteiger charge is -2.22. The summed E-state index contributed by atoms with van der Waals surface area (Å²) in [5, 5.41) is 13.2. The summed E-state index contributed by atoms with van der Waals surface area (Å²) < 4.78 is 46.6. The molecule has 1 aliphatic carbocycles. The Balaban J connectivity index is 1.69. The Bertz CT molecular complexity index is 1630. The van der Waals surface area contributed by atoms with Crippen molar-refractivity contribution in [3.63, 3.8) is 0 Å². The molecule has 4 aromatic rings. The van der Waals surface area contributed by atoms with Crippen LogP contribution < -0.4 is 9.62 Å². The van der Waals surface area contributed by atoms with Gasteiger partial charge in [0.2, 0.25) is 10.9 Å². The van der Waals surface area contributed by atoms with Gasteiger partial charge in [-0.15, -0.1) is 0 Å². The van der Waals surface area contributed by atoms with Gasteiger partial charge >= 0.3 is 0 Å². The average molecular weight is 622 g/mol. The first-order valence-corrected chi connectivity index (χ1v) is 14.1. The van der Waals surface area contributed by atoms with Crippen LogP contribution in [0.25, 0.3) is 22.3 Å². The zero-order valence-electron chi connectivity index (χ0n) is 20.1. The van der Waals surface area contributed by atoms with Crippen molar-refractivity contribution in [2.45, 2.75) is 31.9 Å². The van der Waals surface area contributed by atoms with E-state index in [0.717, 1.165) is 18.4 Å². The van der Waals surface area contributed by atoms with Crippen molar-refractivity contribution >= 4 is 61.0 Å². The highest BCUT2D eigenvalue weighted by Crippen LogP contribution is 2.48. The normalized spacial score (nSPS) is 13.3. The average Bonchev–Trinajstić information content (AvgIpc) is 3.68. The highest BCUT2D eigenvalue weighted by Gasteiger charge is 2.32. The van der Waals surface area contributed by atoms with E-state index in [-0.39, 0.29) is 30.7 Å². The van der Waals surface area contributed by atoms with E-state index < -0.39 is 16.7 Å². The number of carbonyl (C=O) groups excluding carboxylic acids is 1. The van der Waals surface area contributed by atoms with E-state index in [4.69, 9.17) is 16.0 Å². The summed E-state index contributed by atoms with van der Waals surface area (Å²) in [6.45, 7) is -0.282. The molecule has 5 rings (SSSR count). The molecule has 1 heterocycles. The van der Waals surface area contributed by atoms with Gasteiger partial charge in [0.05, 0.1) is 29.4 Å². The van der Waals surface area contributed by atoms with Gasteiger partial charge in [-0.3, -0.25) is 9.10 Å². The maximum absolute atomic E-state index is 13.6. The van der Waals surface area contributed by atoms with E-state index in [1.807, 2.05) is 6.07 Å². The van der Waals surface area contributed by atoms with Gasteiger partial charge in [-0.1, -0.05) is 17.7 Å². The van der Waals surface area contributed by atoms with E-state index in [0.29, 0.717) is 48.4 Å². The minimum Gasteiger partial charge on any atom is -0.455 e. The van der Waals surface area contributed by atoms with Crippen molar-refractivity contribution in [3.8, 4) is 11.3 Å². The third-order valence-corrected chi connectivity index (χ3v) is 8.77. The minimum absolute atomic E-state index is 0.0161. The number of hydrogen-bond acceptors (Lipinski definition) is 5. The van der Waals surface area contributed by atoms with Gasteiger partial charge in [-0.25, -0.2) is 12.8 Å². The fourth-order valence-corrected chi connectivity index (χ4v) is 5.81. The number of halogens is 3. The number of thiol groups is 1. The van der Waals surface area contributed by atoms with Crippen LogP contribution in [0.3, 0.4) is 0 Å². The van der Waals surface area contributed by atoms with Gasteiger partial charge in [0.25, 0.3) is 5.91 Å². The van der Waals surface area contributed by atoms with Crippen molar-refractivity contribution in [1.29, 1.82) is 0 Å². The van der Waals surface area contributed by atoms with Crippen LogP contribution in [-0.4, -0.2) is 26.5 Å². The topological polar surface area (TPSA) is 99.8 Å². The van der Waals surface area contributed by atoms with Crippen LogP contribution in [0.15, 0.2) is 57.4 Å². The van der Waals surface area contributed by atoms with Gasteiger partial charge in [-0.2, -0.15) is 0 Å². The molecule has 3 aromatic carbocycles. The predicted molar refractivity (Wildman–Crippen MR) is 149 cm³/mol. The number of nitrogens with one attached hydrogen (secondary N) is 1. The maximum atomic E-state index is 13.6. The van der Waals surface area contributed by atoms with Crippen molar-refractivity contribution in [2.75, 3.05) is 11.4 Å². The summed E-state index contributed by atoms with van der Waals surface area (Å²) in [6.07, 6.45) is 1.78. The largest absolute Gasteiger partial charge is 0.455 e. The SMILES string of the molecule is CNC(=O)c1c(-c2ccc(F)cc2)oc2cc(N(Cc3cc(Cl)c(Br)c(CO)c3)[SH](=O)=O)c(C3CC3)cc12. The van der Waals surface area contributed by atoms with Gasteiger partial charge in [-0.05, 0) is 87.8 Å². The molecule has 38 heavy (non-hydrogen) atoms. The number of nitrogens with zero attached hydrogens (tertiary/aromatic N) is 1. The summed E-state index contributed by atoms with van der Waals surface area (Å²) in [4.78, 5) is 12.9.